The fourth-order valence-corrected chi connectivity index (χ4v) is 3.23. The predicted molar refractivity (Wildman–Crippen MR) is 91.3 cm³/mol. The zero-order chi connectivity index (χ0) is 17.8. The van der Waals surface area contributed by atoms with Crippen LogP contribution in [0.15, 0.2) is 57.3 Å². The molecule has 0 bridgehead atoms. The number of aliphatic carboxylic acids is 1. The van der Waals surface area contributed by atoms with E-state index in [0.29, 0.717) is 11.4 Å². The van der Waals surface area contributed by atoms with Gasteiger partial charge in [0, 0.05) is 0 Å². The first-order valence-corrected chi connectivity index (χ1v) is 8.05. The number of hydrogen-bond acceptors (Lipinski definition) is 6. The summed E-state index contributed by atoms with van der Waals surface area (Å²) in [7, 11) is 0. The Morgan fingerprint density at radius 1 is 1.36 bits per heavy atom. The Morgan fingerprint density at radius 3 is 2.76 bits per heavy atom. The third-order valence-corrected chi connectivity index (χ3v) is 4.38. The standard InChI is InChI=1S/C16H12FN3O4S/c17-10-3-5-11(6-4-10)20-15(23)13(8-14(21)22)25-16(20)19-18-9-12-2-1-7-24-12/h1-7,9,13H,8H2,(H,21,22)/b18-9+,19-16-. The van der Waals surface area contributed by atoms with Crippen LogP contribution in [0.3, 0.4) is 0 Å². The van der Waals surface area contributed by atoms with Crippen LogP contribution in [0.5, 0.6) is 0 Å². The molecule has 2 heterocycles. The molecule has 1 aromatic heterocycles. The van der Waals surface area contributed by atoms with Gasteiger partial charge in [-0.3, -0.25) is 14.5 Å². The maximum Gasteiger partial charge on any atom is 0.305 e. The van der Waals surface area contributed by atoms with Crippen molar-refractivity contribution in [3.05, 3.63) is 54.2 Å². The topological polar surface area (TPSA) is 95.5 Å². The predicted octanol–water partition coefficient (Wildman–Crippen LogP) is 2.73. The highest BCUT2D eigenvalue weighted by Crippen LogP contribution is 2.33. The first-order valence-electron chi connectivity index (χ1n) is 7.17. The van der Waals surface area contributed by atoms with Gasteiger partial charge in [0.05, 0.1) is 24.6 Å². The molecule has 1 atom stereocenters. The molecule has 1 fully saturated rings. The fraction of sp³-hybridized carbons (Fsp3) is 0.125. The number of halogens is 1. The molecule has 1 amide bonds. The van der Waals surface area contributed by atoms with Gasteiger partial charge in [-0.2, -0.15) is 5.10 Å². The molecule has 1 aromatic carbocycles. The normalized spacial score (nSPS) is 19.2. The van der Waals surface area contributed by atoms with Crippen molar-refractivity contribution in [2.45, 2.75) is 11.7 Å². The van der Waals surface area contributed by atoms with Crippen LogP contribution < -0.4 is 4.90 Å². The van der Waals surface area contributed by atoms with Gasteiger partial charge in [0.15, 0.2) is 5.17 Å². The van der Waals surface area contributed by atoms with Crippen molar-refractivity contribution in [2.24, 2.45) is 10.2 Å². The van der Waals surface area contributed by atoms with Gasteiger partial charge in [0.1, 0.15) is 16.8 Å². The van der Waals surface area contributed by atoms with E-state index in [4.69, 9.17) is 9.52 Å². The first-order chi connectivity index (χ1) is 12.0. The molecule has 1 aliphatic rings. The number of carboxylic acids is 1. The molecule has 3 rings (SSSR count). The highest BCUT2D eigenvalue weighted by Gasteiger charge is 2.40. The summed E-state index contributed by atoms with van der Waals surface area (Å²) in [5.74, 6) is -1.50. The molecule has 7 nitrogen and oxygen atoms in total. The van der Waals surface area contributed by atoms with E-state index in [-0.39, 0.29) is 11.6 Å². The lowest BCUT2D eigenvalue weighted by atomic mass is 10.2. The van der Waals surface area contributed by atoms with Gasteiger partial charge in [0.25, 0.3) is 0 Å². The highest BCUT2D eigenvalue weighted by molar-refractivity contribution is 8.16. The van der Waals surface area contributed by atoms with Crippen molar-refractivity contribution in [3.8, 4) is 0 Å². The van der Waals surface area contributed by atoms with Gasteiger partial charge >= 0.3 is 5.97 Å². The summed E-state index contributed by atoms with van der Waals surface area (Å²) in [6.07, 6.45) is 2.50. The van der Waals surface area contributed by atoms with Gasteiger partial charge < -0.3 is 9.52 Å². The maximum absolute atomic E-state index is 13.1. The maximum atomic E-state index is 13.1. The molecule has 1 unspecified atom stereocenters. The third kappa shape index (κ3) is 3.94. The molecule has 9 heteroatoms. The Labute approximate surface area is 145 Å². The average molecular weight is 361 g/mol. The van der Waals surface area contributed by atoms with E-state index in [2.05, 4.69) is 10.2 Å². The summed E-state index contributed by atoms with van der Waals surface area (Å²) in [5.41, 5.74) is 0.388. The van der Waals surface area contributed by atoms with E-state index in [1.165, 1.54) is 41.6 Å². The van der Waals surface area contributed by atoms with Crippen molar-refractivity contribution in [3.63, 3.8) is 0 Å². The molecule has 1 N–H and O–H groups in total. The van der Waals surface area contributed by atoms with Crippen molar-refractivity contribution >= 4 is 40.7 Å². The number of amides is 1. The Kier molecular flexibility index (Phi) is 4.94. The van der Waals surface area contributed by atoms with Crippen molar-refractivity contribution < 1.29 is 23.5 Å². The van der Waals surface area contributed by atoms with Crippen LogP contribution in [-0.2, 0) is 9.59 Å². The van der Waals surface area contributed by atoms with E-state index in [0.717, 1.165) is 11.8 Å². The van der Waals surface area contributed by atoms with E-state index >= 15 is 0 Å². The molecule has 0 saturated carbocycles. The number of benzene rings is 1. The SMILES string of the molecule is O=C(O)CC1S/C(=N\N=C\c2ccco2)N(c2ccc(F)cc2)C1=O. The van der Waals surface area contributed by atoms with E-state index < -0.39 is 22.9 Å². The summed E-state index contributed by atoms with van der Waals surface area (Å²) in [4.78, 5) is 24.7. The van der Waals surface area contributed by atoms with Crippen LogP contribution in [0.25, 0.3) is 0 Å². The van der Waals surface area contributed by atoms with Crippen LogP contribution in [0.2, 0.25) is 0 Å². The van der Waals surface area contributed by atoms with Crippen LogP contribution >= 0.6 is 11.8 Å². The zero-order valence-corrected chi connectivity index (χ0v) is 13.5. The number of anilines is 1. The molecular weight excluding hydrogens is 349 g/mol. The van der Waals surface area contributed by atoms with Gasteiger partial charge in [-0.25, -0.2) is 4.39 Å². The van der Waals surface area contributed by atoms with Crippen LogP contribution in [0, 0.1) is 5.82 Å². The largest absolute Gasteiger partial charge is 0.481 e. The van der Waals surface area contributed by atoms with Gasteiger partial charge in [-0.1, -0.05) is 11.8 Å². The van der Waals surface area contributed by atoms with Gasteiger partial charge in [-0.05, 0) is 36.4 Å². The second-order valence-electron chi connectivity index (χ2n) is 5.00. The van der Waals surface area contributed by atoms with Crippen molar-refractivity contribution in [2.75, 3.05) is 4.90 Å². The van der Waals surface area contributed by atoms with Crippen molar-refractivity contribution in [1.29, 1.82) is 0 Å². The van der Waals surface area contributed by atoms with Gasteiger partial charge in [-0.15, -0.1) is 5.10 Å². The molecule has 1 aliphatic heterocycles. The summed E-state index contributed by atoms with van der Waals surface area (Å²) < 4.78 is 18.2. The van der Waals surface area contributed by atoms with E-state index in [9.17, 15) is 14.0 Å². The lowest BCUT2D eigenvalue weighted by molar-refractivity contribution is -0.138. The summed E-state index contributed by atoms with van der Waals surface area (Å²) in [6.45, 7) is 0. The number of hydrogen-bond donors (Lipinski definition) is 1. The van der Waals surface area contributed by atoms with Crippen LogP contribution in [-0.4, -0.2) is 33.6 Å². The average Bonchev–Trinajstić information content (AvgIpc) is 3.18. The Morgan fingerprint density at radius 2 is 2.12 bits per heavy atom. The summed E-state index contributed by atoms with van der Waals surface area (Å²) in [5, 5.41) is 16.2. The minimum Gasteiger partial charge on any atom is -0.481 e. The Bertz CT molecular complexity index is 834. The molecule has 0 radical (unpaired) electrons. The van der Waals surface area contributed by atoms with Crippen molar-refractivity contribution in [1.82, 2.24) is 0 Å². The summed E-state index contributed by atoms with van der Waals surface area (Å²) >= 11 is 0.999. The number of carbonyl (C=O) groups excluding carboxylic acids is 1. The molecule has 25 heavy (non-hydrogen) atoms. The first kappa shape index (κ1) is 16.9. The zero-order valence-electron chi connectivity index (χ0n) is 12.7. The number of furan rings is 1. The van der Waals surface area contributed by atoms with Crippen LogP contribution in [0.4, 0.5) is 10.1 Å². The quantitative estimate of drug-likeness (QED) is 0.653. The Hall–Kier alpha value is -2.94. The minimum atomic E-state index is -1.09. The summed E-state index contributed by atoms with van der Waals surface area (Å²) in [6, 6.07) is 8.63. The molecule has 0 spiro atoms. The smallest absolute Gasteiger partial charge is 0.305 e. The fourth-order valence-electron chi connectivity index (χ4n) is 2.15. The number of carbonyl (C=O) groups is 2. The second kappa shape index (κ2) is 7.31. The molecule has 128 valence electrons. The van der Waals surface area contributed by atoms with Crippen LogP contribution in [0.1, 0.15) is 12.2 Å². The number of rotatable bonds is 5. The number of amidine groups is 1. The lowest BCUT2D eigenvalue weighted by Gasteiger charge is -2.15. The van der Waals surface area contributed by atoms with E-state index in [1.807, 2.05) is 0 Å². The minimum absolute atomic E-state index is 0.214. The molecular formula is C16H12FN3O4S. The lowest BCUT2D eigenvalue weighted by Crippen LogP contribution is -2.32. The highest BCUT2D eigenvalue weighted by atomic mass is 32.2. The number of carboxylic acid groups (broad SMARTS) is 1. The second-order valence-corrected chi connectivity index (χ2v) is 6.17. The third-order valence-electron chi connectivity index (χ3n) is 3.25. The molecule has 1 saturated heterocycles. The Balaban J connectivity index is 1.90. The molecule has 0 aliphatic carbocycles. The number of thioether (sulfide) groups is 1. The van der Waals surface area contributed by atoms with E-state index in [1.54, 1.807) is 12.1 Å². The van der Waals surface area contributed by atoms with Gasteiger partial charge in [0.2, 0.25) is 5.91 Å². The number of nitrogens with zero attached hydrogens (tertiary/aromatic N) is 3. The monoisotopic (exact) mass is 361 g/mol. The molecule has 2 aromatic rings.